The van der Waals surface area contributed by atoms with E-state index >= 15 is 0 Å². The zero-order chi connectivity index (χ0) is 15.5. The fraction of sp³-hybridized carbons (Fsp3) is 0.312. The van der Waals surface area contributed by atoms with Crippen molar-refractivity contribution in [3.05, 3.63) is 42.0 Å². The molecule has 0 amide bonds. The lowest BCUT2D eigenvalue weighted by atomic mass is 10.1. The number of aromatic nitrogens is 1. The second-order valence-corrected chi connectivity index (χ2v) is 5.02. The number of benzene rings is 1. The highest BCUT2D eigenvalue weighted by Gasteiger charge is 2.25. The summed E-state index contributed by atoms with van der Waals surface area (Å²) >= 11 is 0. The molecule has 1 N–H and O–H groups in total. The minimum Gasteiger partial charge on any atom is -0.464 e. The molecule has 22 heavy (non-hydrogen) atoms. The van der Waals surface area contributed by atoms with Gasteiger partial charge in [0, 0.05) is 24.8 Å². The molecule has 0 saturated carbocycles. The van der Waals surface area contributed by atoms with Gasteiger partial charge >= 0.3 is 5.97 Å². The predicted molar refractivity (Wildman–Crippen MR) is 80.6 cm³/mol. The van der Waals surface area contributed by atoms with Crippen molar-refractivity contribution in [2.24, 2.45) is 0 Å². The number of methoxy groups -OCH3 is 1. The number of nitrogens with one attached hydrogen (secondary N) is 1. The highest BCUT2D eigenvalue weighted by atomic mass is 19.1. The number of ether oxygens (including phenoxy) is 2. The summed E-state index contributed by atoms with van der Waals surface area (Å²) in [5, 5.41) is 0. The molecule has 3 rings (SSSR count). The number of aromatic amines is 1. The van der Waals surface area contributed by atoms with Crippen LogP contribution in [-0.2, 0) is 9.47 Å². The number of nitrogens with zero attached hydrogens (tertiary/aromatic N) is 1. The van der Waals surface area contributed by atoms with Gasteiger partial charge in [0.1, 0.15) is 11.5 Å². The smallest absolute Gasteiger partial charge is 0.356 e. The van der Waals surface area contributed by atoms with Crippen LogP contribution in [0.4, 0.5) is 10.1 Å². The second-order valence-electron chi connectivity index (χ2n) is 5.02. The molecule has 1 saturated heterocycles. The molecule has 2 aromatic rings. The molecule has 0 unspecified atom stereocenters. The standard InChI is InChI=1S/C16H17FN2O3/c1-21-16(20)14-15(19-6-8-22-9-7-19)13(10-18-14)11-2-4-12(17)5-3-11/h2-5,10,18H,6-9H2,1H3. The Bertz CT molecular complexity index is 661. The normalized spacial score (nSPS) is 14.9. The first-order chi connectivity index (χ1) is 10.7. The molecule has 1 fully saturated rings. The topological polar surface area (TPSA) is 54.6 Å². The Balaban J connectivity index is 2.07. The summed E-state index contributed by atoms with van der Waals surface area (Å²) in [7, 11) is 1.35. The molecule has 0 bridgehead atoms. The molecular weight excluding hydrogens is 287 g/mol. The van der Waals surface area contributed by atoms with E-state index in [1.54, 1.807) is 18.3 Å². The van der Waals surface area contributed by atoms with Crippen LogP contribution in [0, 0.1) is 5.82 Å². The highest BCUT2D eigenvalue weighted by molar-refractivity contribution is 5.99. The molecule has 0 spiro atoms. The quantitative estimate of drug-likeness (QED) is 0.885. The van der Waals surface area contributed by atoms with E-state index in [9.17, 15) is 9.18 Å². The third kappa shape index (κ3) is 2.69. The number of anilines is 1. The molecule has 2 heterocycles. The Labute approximate surface area is 127 Å². The van der Waals surface area contributed by atoms with Crippen LogP contribution in [-0.4, -0.2) is 44.4 Å². The van der Waals surface area contributed by atoms with Crippen LogP contribution in [0.2, 0.25) is 0 Å². The lowest BCUT2D eigenvalue weighted by Gasteiger charge is -2.29. The molecule has 1 aliphatic rings. The van der Waals surface area contributed by atoms with Gasteiger partial charge in [-0.05, 0) is 17.7 Å². The van der Waals surface area contributed by atoms with Gasteiger partial charge in [0.05, 0.1) is 26.0 Å². The van der Waals surface area contributed by atoms with Gasteiger partial charge in [-0.3, -0.25) is 0 Å². The van der Waals surface area contributed by atoms with Gasteiger partial charge in [0.25, 0.3) is 0 Å². The molecule has 116 valence electrons. The van der Waals surface area contributed by atoms with Gasteiger partial charge in [-0.1, -0.05) is 12.1 Å². The lowest BCUT2D eigenvalue weighted by molar-refractivity contribution is 0.0594. The number of hydrogen-bond donors (Lipinski definition) is 1. The van der Waals surface area contributed by atoms with Crippen molar-refractivity contribution < 1.29 is 18.7 Å². The van der Waals surface area contributed by atoms with E-state index in [1.165, 1.54) is 19.2 Å². The van der Waals surface area contributed by atoms with Crippen LogP contribution in [0.3, 0.4) is 0 Å². The van der Waals surface area contributed by atoms with Crippen molar-refractivity contribution in [3.8, 4) is 11.1 Å². The van der Waals surface area contributed by atoms with E-state index in [-0.39, 0.29) is 5.82 Å². The Morgan fingerprint density at radius 3 is 2.59 bits per heavy atom. The van der Waals surface area contributed by atoms with Crippen molar-refractivity contribution in [3.63, 3.8) is 0 Å². The summed E-state index contributed by atoms with van der Waals surface area (Å²) in [5.41, 5.74) is 2.88. The van der Waals surface area contributed by atoms with Crippen molar-refractivity contribution in [1.29, 1.82) is 0 Å². The van der Waals surface area contributed by atoms with Gasteiger partial charge in [0.15, 0.2) is 0 Å². The maximum absolute atomic E-state index is 13.1. The Hall–Kier alpha value is -2.34. The number of hydrogen-bond acceptors (Lipinski definition) is 4. The number of H-pyrrole nitrogens is 1. The third-order valence-corrected chi connectivity index (χ3v) is 3.72. The number of halogens is 1. The second kappa shape index (κ2) is 6.19. The van der Waals surface area contributed by atoms with E-state index in [2.05, 4.69) is 9.88 Å². The van der Waals surface area contributed by atoms with Crippen LogP contribution in [0.1, 0.15) is 10.5 Å². The van der Waals surface area contributed by atoms with Crippen molar-refractivity contribution in [1.82, 2.24) is 4.98 Å². The van der Waals surface area contributed by atoms with Crippen molar-refractivity contribution >= 4 is 11.7 Å². The van der Waals surface area contributed by atoms with Gasteiger partial charge in [-0.2, -0.15) is 0 Å². The molecular formula is C16H17FN2O3. The van der Waals surface area contributed by atoms with Crippen molar-refractivity contribution in [2.45, 2.75) is 0 Å². The van der Waals surface area contributed by atoms with E-state index in [0.29, 0.717) is 32.0 Å². The van der Waals surface area contributed by atoms with E-state index < -0.39 is 5.97 Å². The average molecular weight is 304 g/mol. The molecule has 0 radical (unpaired) electrons. The molecule has 1 aromatic heterocycles. The maximum atomic E-state index is 13.1. The SMILES string of the molecule is COC(=O)c1[nH]cc(-c2ccc(F)cc2)c1N1CCOCC1. The van der Waals surface area contributed by atoms with Crippen LogP contribution in [0.25, 0.3) is 11.1 Å². The number of morpholine rings is 1. The molecule has 1 aromatic carbocycles. The zero-order valence-corrected chi connectivity index (χ0v) is 12.3. The van der Waals surface area contributed by atoms with Crippen LogP contribution in [0.15, 0.2) is 30.5 Å². The Kier molecular flexibility index (Phi) is 4.11. The van der Waals surface area contributed by atoms with Gasteiger partial charge in [0.2, 0.25) is 0 Å². The summed E-state index contributed by atoms with van der Waals surface area (Å²) in [6.07, 6.45) is 1.75. The van der Waals surface area contributed by atoms with E-state index in [1.807, 2.05) is 0 Å². The van der Waals surface area contributed by atoms with Gasteiger partial charge in [-0.15, -0.1) is 0 Å². The molecule has 6 heteroatoms. The number of carbonyl (C=O) groups is 1. The van der Waals surface area contributed by atoms with E-state index in [4.69, 9.17) is 9.47 Å². The minimum absolute atomic E-state index is 0.291. The maximum Gasteiger partial charge on any atom is 0.356 e. The predicted octanol–water partition coefficient (Wildman–Crippen LogP) is 2.44. The van der Waals surface area contributed by atoms with Crippen molar-refractivity contribution in [2.75, 3.05) is 38.3 Å². The fourth-order valence-electron chi connectivity index (χ4n) is 2.64. The summed E-state index contributed by atoms with van der Waals surface area (Å²) in [4.78, 5) is 17.1. The number of carbonyl (C=O) groups excluding carboxylic acids is 1. The van der Waals surface area contributed by atoms with Crippen LogP contribution < -0.4 is 4.90 Å². The monoisotopic (exact) mass is 304 g/mol. The van der Waals surface area contributed by atoms with Crippen LogP contribution >= 0.6 is 0 Å². The number of rotatable bonds is 3. The average Bonchev–Trinajstić information content (AvgIpc) is 3.00. The number of esters is 1. The van der Waals surface area contributed by atoms with E-state index in [0.717, 1.165) is 16.8 Å². The Morgan fingerprint density at radius 2 is 1.95 bits per heavy atom. The molecule has 5 nitrogen and oxygen atoms in total. The fourth-order valence-corrected chi connectivity index (χ4v) is 2.64. The summed E-state index contributed by atoms with van der Waals surface area (Å²) < 4.78 is 23.4. The first kappa shape index (κ1) is 14.6. The van der Waals surface area contributed by atoms with Gasteiger partial charge in [-0.25, -0.2) is 9.18 Å². The minimum atomic E-state index is -0.421. The lowest BCUT2D eigenvalue weighted by Crippen LogP contribution is -2.37. The largest absolute Gasteiger partial charge is 0.464 e. The first-order valence-corrected chi connectivity index (χ1v) is 7.09. The molecule has 0 atom stereocenters. The van der Waals surface area contributed by atoms with Crippen LogP contribution in [0.5, 0.6) is 0 Å². The summed E-state index contributed by atoms with van der Waals surface area (Å²) in [6.45, 7) is 2.59. The third-order valence-electron chi connectivity index (χ3n) is 3.72. The first-order valence-electron chi connectivity index (χ1n) is 7.09. The highest BCUT2D eigenvalue weighted by Crippen LogP contribution is 2.35. The summed E-state index contributed by atoms with van der Waals surface area (Å²) in [5.74, 6) is -0.713. The Morgan fingerprint density at radius 1 is 1.27 bits per heavy atom. The molecule has 0 aliphatic carbocycles. The summed E-state index contributed by atoms with van der Waals surface area (Å²) in [6, 6.07) is 6.21. The molecule has 1 aliphatic heterocycles. The zero-order valence-electron chi connectivity index (χ0n) is 12.3. The van der Waals surface area contributed by atoms with Gasteiger partial charge < -0.3 is 19.4 Å².